The maximum atomic E-state index is 6.42. The molecule has 0 fully saturated rings. The second kappa shape index (κ2) is 6.45. The summed E-state index contributed by atoms with van der Waals surface area (Å²) in [6, 6.07) is 2.01. The average Bonchev–Trinajstić information content (AvgIpc) is 2.95. The molecule has 0 aliphatic carbocycles. The molecule has 0 radical (unpaired) electrons. The highest BCUT2D eigenvalue weighted by Gasteiger charge is 2.19. The van der Waals surface area contributed by atoms with Gasteiger partial charge in [0.15, 0.2) is 0 Å². The summed E-state index contributed by atoms with van der Waals surface area (Å²) in [5.41, 5.74) is 1.12. The van der Waals surface area contributed by atoms with E-state index in [2.05, 4.69) is 31.7 Å². The van der Waals surface area contributed by atoms with Crippen molar-refractivity contribution in [3.63, 3.8) is 0 Å². The first-order valence-corrected chi connectivity index (χ1v) is 7.76. The Morgan fingerprint density at radius 1 is 1.33 bits per heavy atom. The summed E-state index contributed by atoms with van der Waals surface area (Å²) >= 11 is 6.42. The second-order valence-electron chi connectivity index (χ2n) is 5.28. The highest BCUT2D eigenvalue weighted by atomic mass is 35.5. The largest absolute Gasteiger partial charge is 0.346 e. The van der Waals surface area contributed by atoms with Crippen LogP contribution in [0.15, 0.2) is 24.7 Å². The summed E-state index contributed by atoms with van der Waals surface area (Å²) in [6.07, 6.45) is 6.89. The molecule has 1 aliphatic rings. The van der Waals surface area contributed by atoms with Crippen LogP contribution in [-0.4, -0.2) is 27.6 Å². The lowest BCUT2D eigenvalue weighted by Crippen LogP contribution is -2.34. The van der Waals surface area contributed by atoms with Crippen LogP contribution in [0.1, 0.15) is 24.7 Å². The fourth-order valence-electron chi connectivity index (χ4n) is 2.56. The maximum absolute atomic E-state index is 6.42. The van der Waals surface area contributed by atoms with Gasteiger partial charge < -0.3 is 14.8 Å². The van der Waals surface area contributed by atoms with Gasteiger partial charge in [-0.2, -0.15) is 0 Å². The van der Waals surface area contributed by atoms with Crippen LogP contribution in [0.4, 0.5) is 5.82 Å². The van der Waals surface area contributed by atoms with Crippen LogP contribution in [-0.2, 0) is 19.6 Å². The lowest BCUT2D eigenvalue weighted by Gasteiger charge is -2.29. The number of fused-ring (bicyclic) bond motifs is 1. The van der Waals surface area contributed by atoms with Crippen molar-refractivity contribution in [1.29, 1.82) is 0 Å². The molecule has 0 aromatic carbocycles. The molecule has 1 N–H and O–H groups in total. The zero-order valence-corrected chi connectivity index (χ0v) is 13.0. The van der Waals surface area contributed by atoms with E-state index >= 15 is 0 Å². The van der Waals surface area contributed by atoms with E-state index in [-0.39, 0.29) is 0 Å². The van der Waals surface area contributed by atoms with Crippen molar-refractivity contribution in [2.75, 3.05) is 18.0 Å². The summed E-state index contributed by atoms with van der Waals surface area (Å²) in [5, 5.41) is 4.08. The molecule has 0 bridgehead atoms. The van der Waals surface area contributed by atoms with Crippen molar-refractivity contribution < 1.29 is 0 Å². The molecule has 21 heavy (non-hydrogen) atoms. The van der Waals surface area contributed by atoms with Gasteiger partial charge in [0, 0.05) is 38.2 Å². The molecule has 0 amide bonds. The smallest absolute Gasteiger partial charge is 0.147 e. The normalized spacial score (nSPS) is 14.3. The van der Waals surface area contributed by atoms with Crippen molar-refractivity contribution in [1.82, 2.24) is 19.9 Å². The van der Waals surface area contributed by atoms with Crippen molar-refractivity contribution >= 4 is 17.4 Å². The minimum Gasteiger partial charge on any atom is -0.346 e. The van der Waals surface area contributed by atoms with Crippen molar-refractivity contribution in [3.8, 4) is 0 Å². The van der Waals surface area contributed by atoms with E-state index in [1.54, 1.807) is 0 Å². The Kier molecular flexibility index (Phi) is 4.41. The molecule has 1 aliphatic heterocycles. The van der Waals surface area contributed by atoms with Crippen LogP contribution in [0.2, 0.25) is 5.02 Å². The van der Waals surface area contributed by atoms with Crippen LogP contribution < -0.4 is 10.2 Å². The third-order valence-electron chi connectivity index (χ3n) is 3.68. The molecule has 3 rings (SSSR count). The van der Waals surface area contributed by atoms with E-state index in [1.165, 1.54) is 0 Å². The first-order chi connectivity index (χ1) is 10.3. The van der Waals surface area contributed by atoms with Gasteiger partial charge in [0.1, 0.15) is 11.6 Å². The van der Waals surface area contributed by atoms with Gasteiger partial charge in [-0.05, 0) is 24.6 Å². The summed E-state index contributed by atoms with van der Waals surface area (Å²) in [7, 11) is 0. The lowest BCUT2D eigenvalue weighted by molar-refractivity contribution is 0.556. The number of hydrogen-bond donors (Lipinski definition) is 1. The molecule has 0 unspecified atom stereocenters. The first kappa shape index (κ1) is 14.4. The number of anilines is 1. The van der Waals surface area contributed by atoms with Gasteiger partial charge in [-0.3, -0.25) is 0 Å². The zero-order chi connectivity index (χ0) is 14.7. The van der Waals surface area contributed by atoms with E-state index in [1.807, 2.05) is 24.7 Å². The van der Waals surface area contributed by atoms with E-state index in [9.17, 15) is 0 Å². The SMILES string of the molecule is CCCNCc1cnc(N2CCn3ccnc3C2)c(Cl)c1. The molecular formula is C15H20ClN5. The molecule has 0 saturated carbocycles. The molecule has 6 heteroatoms. The number of halogens is 1. The van der Waals surface area contributed by atoms with E-state index in [0.29, 0.717) is 5.02 Å². The lowest BCUT2D eigenvalue weighted by atomic mass is 10.2. The van der Waals surface area contributed by atoms with Crippen LogP contribution >= 0.6 is 11.6 Å². The fraction of sp³-hybridized carbons (Fsp3) is 0.467. The Balaban J connectivity index is 1.71. The minimum absolute atomic E-state index is 0.714. The molecule has 3 heterocycles. The Morgan fingerprint density at radius 2 is 2.24 bits per heavy atom. The number of rotatable bonds is 5. The molecule has 0 atom stereocenters. The first-order valence-electron chi connectivity index (χ1n) is 7.38. The van der Waals surface area contributed by atoms with Crippen LogP contribution in [0.3, 0.4) is 0 Å². The second-order valence-corrected chi connectivity index (χ2v) is 5.69. The Morgan fingerprint density at radius 3 is 3.05 bits per heavy atom. The third kappa shape index (κ3) is 3.19. The predicted molar refractivity (Wildman–Crippen MR) is 84.5 cm³/mol. The Hall–Kier alpha value is -1.59. The van der Waals surface area contributed by atoms with Crippen molar-refractivity contribution in [2.24, 2.45) is 0 Å². The summed E-state index contributed by atoms with van der Waals surface area (Å²) in [5.74, 6) is 1.91. The summed E-state index contributed by atoms with van der Waals surface area (Å²) in [6.45, 7) is 6.56. The monoisotopic (exact) mass is 305 g/mol. The van der Waals surface area contributed by atoms with E-state index in [0.717, 1.165) is 56.4 Å². The van der Waals surface area contributed by atoms with Gasteiger partial charge in [-0.25, -0.2) is 9.97 Å². The van der Waals surface area contributed by atoms with Gasteiger partial charge in [0.25, 0.3) is 0 Å². The maximum Gasteiger partial charge on any atom is 0.147 e. The number of hydrogen-bond acceptors (Lipinski definition) is 4. The van der Waals surface area contributed by atoms with Gasteiger partial charge in [-0.15, -0.1) is 0 Å². The van der Waals surface area contributed by atoms with Crippen LogP contribution in [0, 0.1) is 0 Å². The molecule has 0 saturated heterocycles. The van der Waals surface area contributed by atoms with Gasteiger partial charge in [0.2, 0.25) is 0 Å². The quantitative estimate of drug-likeness (QED) is 0.862. The number of imidazole rings is 1. The van der Waals surface area contributed by atoms with E-state index < -0.39 is 0 Å². The van der Waals surface area contributed by atoms with E-state index in [4.69, 9.17) is 11.6 Å². The van der Waals surface area contributed by atoms with Crippen LogP contribution in [0.5, 0.6) is 0 Å². The van der Waals surface area contributed by atoms with Gasteiger partial charge in [-0.1, -0.05) is 18.5 Å². The van der Waals surface area contributed by atoms with Crippen molar-refractivity contribution in [2.45, 2.75) is 33.0 Å². The molecule has 5 nitrogen and oxygen atoms in total. The average molecular weight is 306 g/mol. The fourth-order valence-corrected chi connectivity index (χ4v) is 2.87. The molecular weight excluding hydrogens is 286 g/mol. The van der Waals surface area contributed by atoms with Crippen molar-refractivity contribution in [3.05, 3.63) is 41.1 Å². The minimum atomic E-state index is 0.714. The van der Waals surface area contributed by atoms with Crippen LogP contribution in [0.25, 0.3) is 0 Å². The van der Waals surface area contributed by atoms with Gasteiger partial charge in [0.05, 0.1) is 11.6 Å². The standard InChI is InChI=1S/C15H20ClN5/c1-2-3-17-9-12-8-13(16)15(19-10-12)21-7-6-20-5-4-18-14(20)11-21/h4-5,8,10,17H,2-3,6-7,9,11H2,1H3. The number of nitrogens with one attached hydrogen (secondary N) is 1. The summed E-state index contributed by atoms with van der Waals surface area (Å²) < 4.78 is 2.17. The Labute approximate surface area is 130 Å². The molecule has 2 aromatic rings. The predicted octanol–water partition coefficient (Wildman–Crippen LogP) is 2.45. The number of pyridine rings is 1. The number of nitrogens with zero attached hydrogens (tertiary/aromatic N) is 4. The molecule has 0 spiro atoms. The zero-order valence-electron chi connectivity index (χ0n) is 12.2. The molecule has 112 valence electrons. The third-order valence-corrected chi connectivity index (χ3v) is 3.96. The highest BCUT2D eigenvalue weighted by Crippen LogP contribution is 2.26. The van der Waals surface area contributed by atoms with Gasteiger partial charge >= 0.3 is 0 Å². The highest BCUT2D eigenvalue weighted by molar-refractivity contribution is 6.33. The summed E-state index contributed by atoms with van der Waals surface area (Å²) in [4.78, 5) is 11.1. The number of aromatic nitrogens is 3. The molecule has 2 aromatic heterocycles. The topological polar surface area (TPSA) is 46.0 Å². The Bertz CT molecular complexity index is 610.